The van der Waals surface area contributed by atoms with E-state index in [4.69, 9.17) is 16.6 Å². The Morgan fingerprint density at radius 3 is 2.50 bits per heavy atom. The molecule has 174 valence electrons. The molecular formula is C27H26ClN3O2S. The fourth-order valence-corrected chi connectivity index (χ4v) is 6.52. The Balaban J connectivity index is 1.63. The Morgan fingerprint density at radius 2 is 1.76 bits per heavy atom. The lowest BCUT2D eigenvalue weighted by Gasteiger charge is -2.20. The molecule has 1 atom stereocenters. The number of nitrogens with zero attached hydrogens (tertiary/aromatic N) is 2. The van der Waals surface area contributed by atoms with E-state index in [1.807, 2.05) is 49.4 Å². The van der Waals surface area contributed by atoms with Gasteiger partial charge in [0.15, 0.2) is 5.43 Å². The van der Waals surface area contributed by atoms with Gasteiger partial charge in [0.1, 0.15) is 10.8 Å². The lowest BCUT2D eigenvalue weighted by atomic mass is 9.98. The monoisotopic (exact) mass is 491 g/mol. The first-order valence-corrected chi connectivity index (χ1v) is 13.4. The molecule has 0 bridgehead atoms. The van der Waals surface area contributed by atoms with E-state index in [9.17, 15) is 9.00 Å². The zero-order valence-electron chi connectivity index (χ0n) is 19.0. The van der Waals surface area contributed by atoms with Crippen LogP contribution in [0.3, 0.4) is 0 Å². The average molecular weight is 492 g/mol. The van der Waals surface area contributed by atoms with Gasteiger partial charge in [-0.1, -0.05) is 61.2 Å². The SMILES string of the molecule is Cc1cc(-c2cc3c(=O)cc(CS(=O)C4CCCCC4)[nH]c3nc2-c2ccccc2)cc(Cl)n1. The quantitative estimate of drug-likeness (QED) is 0.337. The molecule has 1 saturated carbocycles. The van der Waals surface area contributed by atoms with Gasteiger partial charge in [0.25, 0.3) is 0 Å². The Morgan fingerprint density at radius 1 is 1.00 bits per heavy atom. The number of H-pyrrole nitrogens is 1. The largest absolute Gasteiger partial charge is 0.342 e. The van der Waals surface area contributed by atoms with Gasteiger partial charge in [0, 0.05) is 44.6 Å². The van der Waals surface area contributed by atoms with Crippen LogP contribution in [0.1, 0.15) is 43.5 Å². The maximum atomic E-state index is 13.1. The zero-order chi connectivity index (χ0) is 23.7. The number of aromatic nitrogens is 3. The number of benzene rings is 1. The van der Waals surface area contributed by atoms with E-state index >= 15 is 0 Å². The minimum absolute atomic E-state index is 0.130. The predicted molar refractivity (Wildman–Crippen MR) is 139 cm³/mol. The topological polar surface area (TPSA) is 75.7 Å². The van der Waals surface area contributed by atoms with Gasteiger partial charge in [-0.3, -0.25) is 9.00 Å². The van der Waals surface area contributed by atoms with Gasteiger partial charge in [-0.05, 0) is 43.5 Å². The van der Waals surface area contributed by atoms with E-state index in [-0.39, 0.29) is 10.7 Å². The van der Waals surface area contributed by atoms with Crippen LogP contribution in [0.2, 0.25) is 5.15 Å². The van der Waals surface area contributed by atoms with Crippen molar-refractivity contribution in [2.75, 3.05) is 0 Å². The van der Waals surface area contributed by atoms with Crippen LogP contribution in [0.4, 0.5) is 0 Å². The molecule has 34 heavy (non-hydrogen) atoms. The fraction of sp³-hybridized carbons (Fsp3) is 0.296. The summed E-state index contributed by atoms with van der Waals surface area (Å²) in [6, 6.07) is 17.0. The number of hydrogen-bond acceptors (Lipinski definition) is 4. The van der Waals surface area contributed by atoms with Gasteiger partial charge in [-0.25, -0.2) is 9.97 Å². The molecule has 1 unspecified atom stereocenters. The molecule has 0 saturated heterocycles. The van der Waals surface area contributed by atoms with E-state index in [0.717, 1.165) is 53.8 Å². The molecule has 5 rings (SSSR count). The van der Waals surface area contributed by atoms with Crippen LogP contribution in [0.15, 0.2) is 59.4 Å². The summed E-state index contributed by atoms with van der Waals surface area (Å²) in [7, 11) is -1.01. The first-order valence-electron chi connectivity index (χ1n) is 11.6. The van der Waals surface area contributed by atoms with Crippen LogP contribution in [-0.2, 0) is 16.6 Å². The van der Waals surface area contributed by atoms with E-state index in [2.05, 4.69) is 9.97 Å². The Hall–Kier alpha value is -2.83. The Kier molecular flexibility index (Phi) is 6.61. The first-order chi connectivity index (χ1) is 16.5. The second-order valence-electron chi connectivity index (χ2n) is 8.91. The second kappa shape index (κ2) is 9.80. The molecule has 1 N–H and O–H groups in total. The summed E-state index contributed by atoms with van der Waals surface area (Å²) < 4.78 is 13.0. The number of hydrogen-bond donors (Lipinski definition) is 1. The third-order valence-corrected chi connectivity index (χ3v) is 8.38. The maximum absolute atomic E-state index is 13.1. The average Bonchev–Trinajstić information content (AvgIpc) is 2.84. The molecular weight excluding hydrogens is 466 g/mol. The van der Waals surface area contributed by atoms with E-state index in [1.54, 1.807) is 12.1 Å². The predicted octanol–water partition coefficient (Wildman–Crippen LogP) is 6.20. The first kappa shape index (κ1) is 22.9. The lowest BCUT2D eigenvalue weighted by Crippen LogP contribution is -2.21. The molecule has 3 heterocycles. The van der Waals surface area contributed by atoms with Gasteiger partial charge in [-0.2, -0.15) is 0 Å². The number of nitrogens with one attached hydrogen (secondary N) is 1. The van der Waals surface area contributed by atoms with Gasteiger partial charge in [0.2, 0.25) is 0 Å². The Bertz CT molecular complexity index is 1410. The van der Waals surface area contributed by atoms with Crippen molar-refractivity contribution in [2.24, 2.45) is 0 Å². The minimum Gasteiger partial charge on any atom is -0.342 e. The normalized spacial score (nSPS) is 15.5. The van der Waals surface area contributed by atoms with Gasteiger partial charge in [0.05, 0.1) is 16.8 Å². The highest BCUT2D eigenvalue weighted by molar-refractivity contribution is 7.84. The van der Waals surface area contributed by atoms with Crippen molar-refractivity contribution in [1.82, 2.24) is 15.0 Å². The van der Waals surface area contributed by atoms with E-state index in [1.165, 1.54) is 6.42 Å². The fourth-order valence-electron chi connectivity index (χ4n) is 4.72. The summed E-state index contributed by atoms with van der Waals surface area (Å²) in [6.07, 6.45) is 5.48. The number of aromatic amines is 1. The van der Waals surface area contributed by atoms with Crippen LogP contribution in [-0.4, -0.2) is 24.4 Å². The zero-order valence-corrected chi connectivity index (χ0v) is 20.6. The molecule has 0 spiro atoms. The molecule has 4 aromatic rings. The van der Waals surface area contributed by atoms with Crippen molar-refractivity contribution in [1.29, 1.82) is 0 Å². The molecule has 0 aliphatic heterocycles. The standard InChI is InChI=1S/C27H26ClN3O2S/c1-17-12-19(13-25(28)29-17)22-15-23-24(32)14-20(16-34(33)21-10-6-3-7-11-21)30-27(23)31-26(22)18-8-4-2-5-9-18/h2,4-5,8-9,12-15,21H,3,6-7,10-11,16H2,1H3,(H,30,31,32). The summed E-state index contributed by atoms with van der Waals surface area (Å²) in [6.45, 7) is 1.89. The molecule has 1 fully saturated rings. The van der Waals surface area contributed by atoms with Crippen molar-refractivity contribution in [3.05, 3.63) is 81.4 Å². The molecule has 1 aliphatic rings. The van der Waals surface area contributed by atoms with Gasteiger partial charge in [-0.15, -0.1) is 0 Å². The van der Waals surface area contributed by atoms with Crippen LogP contribution < -0.4 is 5.43 Å². The number of fused-ring (bicyclic) bond motifs is 1. The van der Waals surface area contributed by atoms with E-state index in [0.29, 0.717) is 27.6 Å². The van der Waals surface area contributed by atoms with Crippen molar-refractivity contribution in [2.45, 2.75) is 50.0 Å². The van der Waals surface area contributed by atoms with Crippen LogP contribution in [0.25, 0.3) is 33.4 Å². The van der Waals surface area contributed by atoms with Crippen LogP contribution >= 0.6 is 11.6 Å². The summed E-state index contributed by atoms with van der Waals surface area (Å²) in [4.78, 5) is 25.6. The molecule has 7 heteroatoms. The summed E-state index contributed by atoms with van der Waals surface area (Å²) in [5, 5.41) is 1.10. The molecule has 0 radical (unpaired) electrons. The number of aryl methyl sites for hydroxylation is 1. The van der Waals surface area contributed by atoms with Crippen molar-refractivity contribution in [3.8, 4) is 22.4 Å². The number of pyridine rings is 3. The molecule has 1 aromatic carbocycles. The second-order valence-corrected chi connectivity index (χ2v) is 11.0. The highest BCUT2D eigenvalue weighted by atomic mass is 35.5. The van der Waals surface area contributed by atoms with Gasteiger partial charge >= 0.3 is 0 Å². The molecule has 5 nitrogen and oxygen atoms in total. The Labute approximate surface area is 206 Å². The smallest absolute Gasteiger partial charge is 0.191 e. The summed E-state index contributed by atoms with van der Waals surface area (Å²) >= 11 is 6.25. The van der Waals surface area contributed by atoms with Crippen molar-refractivity contribution in [3.63, 3.8) is 0 Å². The van der Waals surface area contributed by atoms with Crippen molar-refractivity contribution >= 4 is 33.4 Å². The number of rotatable bonds is 5. The molecule has 3 aromatic heterocycles. The number of halogens is 1. The minimum atomic E-state index is -1.01. The molecule has 1 aliphatic carbocycles. The van der Waals surface area contributed by atoms with Crippen molar-refractivity contribution < 1.29 is 4.21 Å². The van der Waals surface area contributed by atoms with Crippen LogP contribution in [0.5, 0.6) is 0 Å². The lowest BCUT2D eigenvalue weighted by molar-refractivity contribution is 0.504. The third-order valence-electron chi connectivity index (χ3n) is 6.37. The summed E-state index contributed by atoms with van der Waals surface area (Å²) in [5.41, 5.74) is 5.18. The van der Waals surface area contributed by atoms with Crippen LogP contribution in [0, 0.1) is 6.92 Å². The highest BCUT2D eigenvalue weighted by Crippen LogP contribution is 2.33. The van der Waals surface area contributed by atoms with E-state index < -0.39 is 10.8 Å². The molecule has 0 amide bonds. The third kappa shape index (κ3) is 4.84. The van der Waals surface area contributed by atoms with Gasteiger partial charge < -0.3 is 4.98 Å². The summed E-state index contributed by atoms with van der Waals surface area (Å²) in [5.74, 6) is 0.346. The maximum Gasteiger partial charge on any atom is 0.191 e. The highest BCUT2D eigenvalue weighted by Gasteiger charge is 2.21.